The molecule has 0 saturated carbocycles. The van der Waals surface area contributed by atoms with Crippen LogP contribution in [0.4, 0.5) is 4.39 Å². The van der Waals surface area contributed by atoms with Crippen LogP contribution in [0.3, 0.4) is 0 Å². The molecular formula is C20H21FN2OS. The summed E-state index contributed by atoms with van der Waals surface area (Å²) >= 11 is 1.63. The van der Waals surface area contributed by atoms with E-state index in [4.69, 9.17) is 4.74 Å². The molecule has 3 aromatic rings. The molecule has 2 aromatic carbocycles. The highest BCUT2D eigenvalue weighted by atomic mass is 32.1. The lowest BCUT2D eigenvalue weighted by molar-refractivity contribution is 0.302. The minimum atomic E-state index is -0.180. The zero-order valence-corrected chi connectivity index (χ0v) is 15.0. The molecular weight excluding hydrogens is 335 g/mol. The molecule has 1 aromatic heterocycles. The van der Waals surface area contributed by atoms with Crippen molar-refractivity contribution >= 4 is 11.3 Å². The number of hydrogen-bond acceptors (Lipinski definition) is 4. The van der Waals surface area contributed by atoms with E-state index in [1.54, 1.807) is 23.5 Å². The molecule has 0 saturated heterocycles. The minimum absolute atomic E-state index is 0.180. The first-order valence-corrected chi connectivity index (χ1v) is 9.15. The Kier molecular flexibility index (Phi) is 6.14. The van der Waals surface area contributed by atoms with Gasteiger partial charge in [-0.15, -0.1) is 11.3 Å². The number of halogens is 1. The molecule has 3 nitrogen and oxygen atoms in total. The first-order chi connectivity index (χ1) is 12.2. The van der Waals surface area contributed by atoms with Crippen LogP contribution in [0.2, 0.25) is 0 Å². The Labute approximate surface area is 151 Å². The fraction of sp³-hybridized carbons (Fsp3) is 0.250. The van der Waals surface area contributed by atoms with Crippen LogP contribution < -0.4 is 10.1 Å². The van der Waals surface area contributed by atoms with Crippen LogP contribution in [0.15, 0.2) is 53.9 Å². The van der Waals surface area contributed by atoms with Gasteiger partial charge in [0.05, 0.1) is 10.7 Å². The van der Waals surface area contributed by atoms with E-state index >= 15 is 0 Å². The highest BCUT2D eigenvalue weighted by Gasteiger charge is 2.01. The summed E-state index contributed by atoms with van der Waals surface area (Å²) in [6, 6.07) is 14.8. The van der Waals surface area contributed by atoms with E-state index in [1.165, 1.54) is 11.6 Å². The largest absolute Gasteiger partial charge is 0.487 e. The van der Waals surface area contributed by atoms with Crippen molar-refractivity contribution in [1.82, 2.24) is 10.3 Å². The Balaban J connectivity index is 1.40. The molecule has 0 aliphatic heterocycles. The normalized spacial score (nSPS) is 10.8. The summed E-state index contributed by atoms with van der Waals surface area (Å²) in [5, 5.41) is 6.45. The zero-order valence-electron chi connectivity index (χ0n) is 14.2. The van der Waals surface area contributed by atoms with Gasteiger partial charge < -0.3 is 10.1 Å². The third kappa shape index (κ3) is 5.66. The topological polar surface area (TPSA) is 34.1 Å². The van der Waals surface area contributed by atoms with Crippen molar-refractivity contribution in [1.29, 1.82) is 0 Å². The summed E-state index contributed by atoms with van der Waals surface area (Å²) in [4.78, 5) is 4.38. The van der Waals surface area contributed by atoms with Gasteiger partial charge >= 0.3 is 0 Å². The van der Waals surface area contributed by atoms with Gasteiger partial charge in [0.25, 0.3) is 0 Å². The number of aromatic nitrogens is 1. The van der Waals surface area contributed by atoms with Gasteiger partial charge in [0.1, 0.15) is 18.2 Å². The third-order valence-electron chi connectivity index (χ3n) is 3.79. The second-order valence-electron chi connectivity index (χ2n) is 5.85. The SMILES string of the molecule is Cc1nc(COc2ccc(CNCCc3cccc(F)c3)cc2)cs1. The molecule has 0 spiro atoms. The second kappa shape index (κ2) is 8.74. The Morgan fingerprint density at radius 3 is 2.68 bits per heavy atom. The first kappa shape index (κ1) is 17.6. The van der Waals surface area contributed by atoms with Crippen molar-refractivity contribution < 1.29 is 9.13 Å². The monoisotopic (exact) mass is 356 g/mol. The van der Waals surface area contributed by atoms with Crippen molar-refractivity contribution in [3.8, 4) is 5.75 Å². The molecule has 25 heavy (non-hydrogen) atoms. The predicted octanol–water partition coefficient (Wildman–Crippen LogP) is 4.50. The molecule has 0 aliphatic carbocycles. The third-order valence-corrected chi connectivity index (χ3v) is 4.61. The van der Waals surface area contributed by atoms with Crippen molar-refractivity contribution in [2.45, 2.75) is 26.5 Å². The minimum Gasteiger partial charge on any atom is -0.487 e. The average Bonchev–Trinajstić information content (AvgIpc) is 3.03. The number of hydrogen-bond donors (Lipinski definition) is 1. The van der Waals surface area contributed by atoms with Gasteiger partial charge in [0.2, 0.25) is 0 Å². The zero-order chi connectivity index (χ0) is 17.5. The maximum absolute atomic E-state index is 13.1. The summed E-state index contributed by atoms with van der Waals surface area (Å²) in [5.74, 6) is 0.662. The van der Waals surface area contributed by atoms with E-state index in [2.05, 4.69) is 22.4 Å². The molecule has 0 radical (unpaired) electrons. The molecule has 0 bridgehead atoms. The van der Waals surface area contributed by atoms with Gasteiger partial charge in [0, 0.05) is 11.9 Å². The fourth-order valence-electron chi connectivity index (χ4n) is 2.49. The van der Waals surface area contributed by atoms with Crippen LogP contribution in [0.25, 0.3) is 0 Å². The van der Waals surface area contributed by atoms with Crippen LogP contribution in [-0.4, -0.2) is 11.5 Å². The molecule has 130 valence electrons. The summed E-state index contributed by atoms with van der Waals surface area (Å²) in [6.07, 6.45) is 0.812. The average molecular weight is 356 g/mol. The number of thiazole rings is 1. The van der Waals surface area contributed by atoms with Crippen LogP contribution in [0.5, 0.6) is 5.75 Å². The van der Waals surface area contributed by atoms with E-state index in [0.717, 1.165) is 41.5 Å². The van der Waals surface area contributed by atoms with E-state index in [9.17, 15) is 4.39 Å². The molecule has 0 unspecified atom stereocenters. The highest BCUT2D eigenvalue weighted by molar-refractivity contribution is 7.09. The number of nitrogens with one attached hydrogen (secondary N) is 1. The van der Waals surface area contributed by atoms with Gasteiger partial charge in [-0.3, -0.25) is 0 Å². The Hall–Kier alpha value is -2.24. The van der Waals surface area contributed by atoms with E-state index < -0.39 is 0 Å². The maximum Gasteiger partial charge on any atom is 0.131 e. The summed E-state index contributed by atoms with van der Waals surface area (Å²) in [5.41, 5.74) is 3.16. The van der Waals surface area contributed by atoms with Crippen molar-refractivity contribution in [3.63, 3.8) is 0 Å². The summed E-state index contributed by atoms with van der Waals surface area (Å²) < 4.78 is 18.9. The highest BCUT2D eigenvalue weighted by Crippen LogP contribution is 2.15. The molecule has 0 fully saturated rings. The predicted molar refractivity (Wildman–Crippen MR) is 99.4 cm³/mol. The fourth-order valence-corrected chi connectivity index (χ4v) is 3.09. The molecule has 1 N–H and O–H groups in total. The standard InChI is InChI=1S/C20H21FN2OS/c1-15-23-19(14-25-15)13-24-20-7-5-17(6-8-20)12-22-10-9-16-3-2-4-18(21)11-16/h2-8,11,14,22H,9-10,12-13H2,1H3. The Morgan fingerprint density at radius 2 is 1.96 bits per heavy atom. The van der Waals surface area contributed by atoms with E-state index in [1.807, 2.05) is 30.5 Å². The van der Waals surface area contributed by atoms with Crippen LogP contribution >= 0.6 is 11.3 Å². The number of aryl methyl sites for hydroxylation is 1. The lowest BCUT2D eigenvalue weighted by atomic mass is 10.1. The molecule has 0 aliphatic rings. The lowest BCUT2D eigenvalue weighted by Crippen LogP contribution is -2.16. The summed E-state index contributed by atoms with van der Waals surface area (Å²) in [6.45, 7) is 4.07. The van der Waals surface area contributed by atoms with Gasteiger partial charge in [-0.2, -0.15) is 0 Å². The first-order valence-electron chi connectivity index (χ1n) is 8.27. The molecule has 1 heterocycles. The quantitative estimate of drug-likeness (QED) is 0.603. The van der Waals surface area contributed by atoms with Crippen molar-refractivity contribution in [3.05, 3.63) is 81.6 Å². The number of benzene rings is 2. The van der Waals surface area contributed by atoms with Crippen LogP contribution in [0, 0.1) is 12.7 Å². The molecule has 3 rings (SSSR count). The van der Waals surface area contributed by atoms with E-state index in [0.29, 0.717) is 6.61 Å². The van der Waals surface area contributed by atoms with Gasteiger partial charge in [-0.05, 0) is 55.3 Å². The molecule has 5 heteroatoms. The smallest absolute Gasteiger partial charge is 0.131 e. The van der Waals surface area contributed by atoms with Gasteiger partial charge in [0.15, 0.2) is 0 Å². The van der Waals surface area contributed by atoms with E-state index in [-0.39, 0.29) is 5.82 Å². The number of nitrogens with zero attached hydrogens (tertiary/aromatic N) is 1. The Bertz CT molecular complexity index is 801. The Morgan fingerprint density at radius 1 is 1.12 bits per heavy atom. The second-order valence-corrected chi connectivity index (χ2v) is 6.91. The van der Waals surface area contributed by atoms with Crippen LogP contribution in [0.1, 0.15) is 21.8 Å². The van der Waals surface area contributed by atoms with Gasteiger partial charge in [-0.1, -0.05) is 24.3 Å². The van der Waals surface area contributed by atoms with Crippen molar-refractivity contribution in [2.75, 3.05) is 6.54 Å². The number of rotatable bonds is 8. The number of ether oxygens (including phenoxy) is 1. The van der Waals surface area contributed by atoms with Crippen LogP contribution in [-0.2, 0) is 19.6 Å². The lowest BCUT2D eigenvalue weighted by Gasteiger charge is -2.08. The molecule has 0 atom stereocenters. The van der Waals surface area contributed by atoms with Crippen molar-refractivity contribution in [2.24, 2.45) is 0 Å². The van der Waals surface area contributed by atoms with Gasteiger partial charge in [-0.25, -0.2) is 9.37 Å². The summed E-state index contributed by atoms with van der Waals surface area (Å²) in [7, 11) is 0. The maximum atomic E-state index is 13.1. The molecule has 0 amide bonds.